The Balaban J connectivity index is 2.52. The summed E-state index contributed by atoms with van der Waals surface area (Å²) in [6, 6.07) is 5.68. The molecule has 2 heterocycles. The molecule has 4 nitrogen and oxygen atoms in total. The molecule has 5 heteroatoms. The summed E-state index contributed by atoms with van der Waals surface area (Å²) >= 11 is 5.13. The second-order valence-corrected chi connectivity index (χ2v) is 4.11. The number of hydrogen-bond acceptors (Lipinski definition) is 4. The van der Waals surface area contributed by atoms with Crippen LogP contribution in [0.15, 0.2) is 24.4 Å². The number of aromatic nitrogens is 3. The SMILES string of the molecule is COCc1cc(=S)nc(-c2ncccc2C)[nH]1. The predicted octanol–water partition coefficient (Wildman–Crippen LogP) is 2.66. The average Bonchev–Trinajstić information content (AvgIpc) is 2.29. The standard InChI is InChI=1S/C12H13N3OS/c1-8-4-3-5-13-11(8)12-14-9(7-16-2)6-10(17)15-12/h3-6H,7H2,1-2H3,(H,14,15,17). The Morgan fingerprint density at radius 2 is 2.29 bits per heavy atom. The molecule has 2 aromatic rings. The molecule has 2 rings (SSSR count). The Morgan fingerprint density at radius 3 is 3.00 bits per heavy atom. The number of H-pyrrole nitrogens is 1. The van der Waals surface area contributed by atoms with Crippen molar-refractivity contribution < 1.29 is 4.74 Å². The Kier molecular flexibility index (Phi) is 3.61. The summed E-state index contributed by atoms with van der Waals surface area (Å²) in [7, 11) is 1.64. The highest BCUT2D eigenvalue weighted by molar-refractivity contribution is 7.71. The maximum Gasteiger partial charge on any atom is 0.158 e. The highest BCUT2D eigenvalue weighted by Crippen LogP contribution is 2.16. The molecule has 0 saturated heterocycles. The van der Waals surface area contributed by atoms with Crippen LogP contribution in [0.5, 0.6) is 0 Å². The van der Waals surface area contributed by atoms with Crippen molar-refractivity contribution in [1.82, 2.24) is 15.0 Å². The van der Waals surface area contributed by atoms with Crippen molar-refractivity contribution in [2.24, 2.45) is 0 Å². The minimum Gasteiger partial charge on any atom is -0.378 e. The maximum atomic E-state index is 5.13. The van der Waals surface area contributed by atoms with Gasteiger partial charge in [0.05, 0.1) is 6.61 Å². The lowest BCUT2D eigenvalue weighted by Gasteiger charge is -2.06. The van der Waals surface area contributed by atoms with Gasteiger partial charge in [-0.3, -0.25) is 4.98 Å². The largest absolute Gasteiger partial charge is 0.378 e. The van der Waals surface area contributed by atoms with Gasteiger partial charge in [0.1, 0.15) is 10.3 Å². The summed E-state index contributed by atoms with van der Waals surface area (Å²) in [4.78, 5) is 11.8. The minimum absolute atomic E-state index is 0.477. The van der Waals surface area contributed by atoms with Crippen molar-refractivity contribution in [3.8, 4) is 11.5 Å². The van der Waals surface area contributed by atoms with Crippen LogP contribution in [0.2, 0.25) is 0 Å². The van der Waals surface area contributed by atoms with Gasteiger partial charge < -0.3 is 9.72 Å². The first kappa shape index (κ1) is 11.9. The zero-order valence-electron chi connectivity index (χ0n) is 9.73. The fraction of sp³-hybridized carbons (Fsp3) is 0.250. The second-order valence-electron chi connectivity index (χ2n) is 3.70. The van der Waals surface area contributed by atoms with Gasteiger partial charge in [-0.25, -0.2) is 4.98 Å². The molecule has 0 aliphatic carbocycles. The maximum absolute atomic E-state index is 5.13. The average molecular weight is 247 g/mol. The Hall–Kier alpha value is -1.59. The molecule has 0 amide bonds. The molecule has 0 bridgehead atoms. The van der Waals surface area contributed by atoms with Gasteiger partial charge in [-0.15, -0.1) is 0 Å². The quantitative estimate of drug-likeness (QED) is 0.847. The third-order valence-corrected chi connectivity index (χ3v) is 2.54. The molecule has 0 saturated carbocycles. The summed E-state index contributed by atoms with van der Waals surface area (Å²) < 4.78 is 5.62. The summed E-state index contributed by atoms with van der Waals surface area (Å²) in [6.07, 6.45) is 1.74. The van der Waals surface area contributed by atoms with Crippen molar-refractivity contribution >= 4 is 12.2 Å². The Bertz CT molecular complexity index is 580. The predicted molar refractivity (Wildman–Crippen MR) is 68.1 cm³/mol. The molecule has 0 aromatic carbocycles. The second kappa shape index (κ2) is 5.16. The number of hydrogen-bond donors (Lipinski definition) is 1. The first-order valence-electron chi connectivity index (χ1n) is 5.22. The van der Waals surface area contributed by atoms with E-state index >= 15 is 0 Å². The van der Waals surface area contributed by atoms with E-state index in [1.54, 1.807) is 19.4 Å². The summed E-state index contributed by atoms with van der Waals surface area (Å²) in [5, 5.41) is 0. The van der Waals surface area contributed by atoms with Crippen molar-refractivity contribution in [3.05, 3.63) is 40.3 Å². The van der Waals surface area contributed by atoms with Crippen LogP contribution in [0.3, 0.4) is 0 Å². The molecule has 0 atom stereocenters. The molecule has 2 aromatic heterocycles. The van der Waals surface area contributed by atoms with E-state index in [1.165, 1.54) is 0 Å². The molecule has 17 heavy (non-hydrogen) atoms. The molecular formula is C12H13N3OS. The summed E-state index contributed by atoms with van der Waals surface area (Å²) in [5.41, 5.74) is 2.77. The van der Waals surface area contributed by atoms with Gasteiger partial charge in [-0.2, -0.15) is 0 Å². The van der Waals surface area contributed by atoms with E-state index in [9.17, 15) is 0 Å². The number of methoxy groups -OCH3 is 1. The lowest BCUT2D eigenvalue weighted by atomic mass is 10.2. The van der Waals surface area contributed by atoms with Gasteiger partial charge in [0, 0.05) is 19.0 Å². The smallest absolute Gasteiger partial charge is 0.158 e. The van der Waals surface area contributed by atoms with Gasteiger partial charge in [0.2, 0.25) is 0 Å². The molecule has 1 N–H and O–H groups in total. The molecule has 0 unspecified atom stereocenters. The van der Waals surface area contributed by atoms with Gasteiger partial charge in [0.25, 0.3) is 0 Å². The highest BCUT2D eigenvalue weighted by Gasteiger charge is 2.06. The third kappa shape index (κ3) is 2.75. The number of pyridine rings is 1. The van der Waals surface area contributed by atoms with Gasteiger partial charge >= 0.3 is 0 Å². The number of aryl methyl sites for hydroxylation is 1. The number of aromatic amines is 1. The van der Waals surface area contributed by atoms with E-state index in [0.717, 1.165) is 17.0 Å². The Morgan fingerprint density at radius 1 is 1.47 bits per heavy atom. The summed E-state index contributed by atoms with van der Waals surface area (Å²) in [5.74, 6) is 0.683. The molecule has 88 valence electrons. The van der Waals surface area contributed by atoms with E-state index in [4.69, 9.17) is 17.0 Å². The Labute approximate surface area is 105 Å². The zero-order chi connectivity index (χ0) is 12.3. The van der Waals surface area contributed by atoms with Crippen LogP contribution in [0.1, 0.15) is 11.3 Å². The lowest BCUT2D eigenvalue weighted by Crippen LogP contribution is -1.99. The van der Waals surface area contributed by atoms with E-state index in [2.05, 4.69) is 15.0 Å². The fourth-order valence-corrected chi connectivity index (χ4v) is 1.82. The lowest BCUT2D eigenvalue weighted by molar-refractivity contribution is 0.181. The van der Waals surface area contributed by atoms with Gasteiger partial charge in [-0.1, -0.05) is 18.3 Å². The van der Waals surface area contributed by atoms with Crippen molar-refractivity contribution in [2.75, 3.05) is 7.11 Å². The van der Waals surface area contributed by atoms with E-state index in [1.807, 2.05) is 19.1 Å². The van der Waals surface area contributed by atoms with Crippen molar-refractivity contribution in [2.45, 2.75) is 13.5 Å². The molecule has 0 spiro atoms. The number of ether oxygens (including phenoxy) is 1. The van der Waals surface area contributed by atoms with E-state index in [-0.39, 0.29) is 0 Å². The van der Waals surface area contributed by atoms with Crippen LogP contribution < -0.4 is 0 Å². The normalized spacial score (nSPS) is 10.5. The minimum atomic E-state index is 0.477. The van der Waals surface area contributed by atoms with Crippen LogP contribution in [-0.4, -0.2) is 22.1 Å². The fourth-order valence-electron chi connectivity index (χ4n) is 1.59. The van der Waals surface area contributed by atoms with Crippen LogP contribution in [-0.2, 0) is 11.3 Å². The highest BCUT2D eigenvalue weighted by atomic mass is 32.1. The van der Waals surface area contributed by atoms with E-state index in [0.29, 0.717) is 17.1 Å². The monoisotopic (exact) mass is 247 g/mol. The van der Waals surface area contributed by atoms with Crippen LogP contribution in [0.4, 0.5) is 0 Å². The van der Waals surface area contributed by atoms with Crippen molar-refractivity contribution in [1.29, 1.82) is 0 Å². The van der Waals surface area contributed by atoms with Crippen LogP contribution in [0.25, 0.3) is 11.5 Å². The van der Waals surface area contributed by atoms with E-state index < -0.39 is 0 Å². The summed E-state index contributed by atoms with van der Waals surface area (Å²) in [6.45, 7) is 2.47. The number of rotatable bonds is 3. The van der Waals surface area contributed by atoms with Crippen LogP contribution >= 0.6 is 12.2 Å². The molecule has 0 aliphatic heterocycles. The first-order chi connectivity index (χ1) is 8.20. The molecule has 0 radical (unpaired) electrons. The topological polar surface area (TPSA) is 50.8 Å². The molecule has 0 fully saturated rings. The zero-order valence-corrected chi connectivity index (χ0v) is 10.5. The van der Waals surface area contributed by atoms with Crippen molar-refractivity contribution in [3.63, 3.8) is 0 Å². The number of nitrogens with zero attached hydrogens (tertiary/aromatic N) is 2. The van der Waals surface area contributed by atoms with Gasteiger partial charge in [-0.05, 0) is 24.6 Å². The molecule has 0 aliphatic rings. The first-order valence-corrected chi connectivity index (χ1v) is 5.62. The van der Waals surface area contributed by atoms with Crippen LogP contribution in [0, 0.1) is 11.6 Å². The van der Waals surface area contributed by atoms with Gasteiger partial charge in [0.15, 0.2) is 5.82 Å². The molecular weight excluding hydrogens is 234 g/mol. The third-order valence-electron chi connectivity index (χ3n) is 2.33. The number of nitrogens with one attached hydrogen (secondary N) is 1.